The Balaban J connectivity index is 2.51. The summed E-state index contributed by atoms with van der Waals surface area (Å²) in [6.07, 6.45) is 5.16. The highest BCUT2D eigenvalue weighted by molar-refractivity contribution is 9.10. The molecule has 0 bridgehead atoms. The quantitative estimate of drug-likeness (QED) is 0.833. The molecule has 0 aliphatic heterocycles. The monoisotopic (exact) mass is 268 g/mol. The molecule has 0 saturated heterocycles. The van der Waals surface area contributed by atoms with Gasteiger partial charge < -0.3 is 4.74 Å². The first-order chi connectivity index (χ1) is 7.22. The molecule has 0 unspecified atom stereocenters. The van der Waals surface area contributed by atoms with E-state index in [4.69, 9.17) is 4.74 Å². The average molecular weight is 269 g/mol. The van der Waals surface area contributed by atoms with Crippen LogP contribution in [0.5, 0.6) is 5.88 Å². The van der Waals surface area contributed by atoms with Crippen molar-refractivity contribution >= 4 is 15.9 Å². The molecule has 6 heteroatoms. The van der Waals surface area contributed by atoms with Crippen molar-refractivity contribution in [3.63, 3.8) is 0 Å². The lowest BCUT2D eigenvalue weighted by Gasteiger charge is -2.05. The van der Waals surface area contributed by atoms with Crippen LogP contribution >= 0.6 is 15.9 Å². The third kappa shape index (κ3) is 1.85. The maximum absolute atomic E-state index is 5.09. The van der Waals surface area contributed by atoms with E-state index >= 15 is 0 Å². The molecule has 2 aromatic heterocycles. The molecule has 0 amide bonds. The molecule has 2 aromatic rings. The lowest BCUT2D eigenvalue weighted by molar-refractivity contribution is 0.393. The summed E-state index contributed by atoms with van der Waals surface area (Å²) >= 11 is 3.30. The van der Waals surface area contributed by atoms with Gasteiger partial charge in [0, 0.05) is 12.4 Å². The van der Waals surface area contributed by atoms with Crippen LogP contribution in [0.4, 0.5) is 0 Å². The van der Waals surface area contributed by atoms with Gasteiger partial charge in [0.05, 0.1) is 17.8 Å². The largest absolute Gasteiger partial charge is 0.480 e. The second kappa shape index (κ2) is 3.98. The summed E-state index contributed by atoms with van der Waals surface area (Å²) in [6, 6.07) is 0. The Morgan fingerprint density at radius 2 is 2.20 bits per heavy atom. The molecular formula is C9H9BrN4O. The van der Waals surface area contributed by atoms with Crippen LogP contribution in [0.1, 0.15) is 5.82 Å². The highest BCUT2D eigenvalue weighted by Crippen LogP contribution is 2.21. The number of hydrogen-bond acceptors (Lipinski definition) is 4. The molecule has 2 heterocycles. The number of nitrogens with zero attached hydrogens (tertiary/aromatic N) is 4. The second-order valence-corrected chi connectivity index (χ2v) is 3.73. The van der Waals surface area contributed by atoms with Crippen molar-refractivity contribution in [3.8, 4) is 11.8 Å². The summed E-state index contributed by atoms with van der Waals surface area (Å²) < 4.78 is 7.61. The smallest absolute Gasteiger partial charge is 0.238 e. The van der Waals surface area contributed by atoms with Gasteiger partial charge in [0.15, 0.2) is 0 Å². The van der Waals surface area contributed by atoms with Crippen molar-refractivity contribution in [2.75, 3.05) is 7.11 Å². The number of hydrogen-bond donors (Lipinski definition) is 0. The average Bonchev–Trinajstić information content (AvgIpc) is 2.65. The lowest BCUT2D eigenvalue weighted by atomic mass is 10.6. The Kier molecular flexibility index (Phi) is 2.68. The third-order valence-electron chi connectivity index (χ3n) is 1.93. The van der Waals surface area contributed by atoms with Crippen LogP contribution in [0.15, 0.2) is 23.1 Å². The minimum Gasteiger partial charge on any atom is -0.480 e. The molecule has 5 nitrogen and oxygen atoms in total. The number of rotatable bonds is 2. The van der Waals surface area contributed by atoms with Gasteiger partial charge in [0.1, 0.15) is 5.82 Å². The van der Waals surface area contributed by atoms with E-state index in [1.165, 1.54) is 0 Å². The van der Waals surface area contributed by atoms with Gasteiger partial charge in [0.25, 0.3) is 0 Å². The summed E-state index contributed by atoms with van der Waals surface area (Å²) in [7, 11) is 1.57. The molecule has 0 fully saturated rings. The highest BCUT2D eigenvalue weighted by atomic mass is 79.9. The van der Waals surface area contributed by atoms with Crippen LogP contribution < -0.4 is 4.74 Å². The first-order valence-electron chi connectivity index (χ1n) is 4.29. The third-order valence-corrected chi connectivity index (χ3v) is 2.48. The minimum atomic E-state index is 0.508. The first-order valence-corrected chi connectivity index (χ1v) is 5.08. The predicted molar refractivity (Wildman–Crippen MR) is 58.1 cm³/mol. The molecule has 0 atom stereocenters. The molecule has 0 aromatic carbocycles. The topological polar surface area (TPSA) is 52.8 Å². The molecule has 15 heavy (non-hydrogen) atoms. The van der Waals surface area contributed by atoms with E-state index in [2.05, 4.69) is 30.9 Å². The van der Waals surface area contributed by atoms with Crippen molar-refractivity contribution in [1.82, 2.24) is 19.5 Å². The van der Waals surface area contributed by atoms with Gasteiger partial charge in [-0.25, -0.2) is 9.97 Å². The Bertz CT molecular complexity index is 483. The second-order valence-electron chi connectivity index (χ2n) is 2.87. The van der Waals surface area contributed by atoms with Crippen LogP contribution in [-0.2, 0) is 0 Å². The Hall–Kier alpha value is -1.43. The van der Waals surface area contributed by atoms with Crippen molar-refractivity contribution < 1.29 is 4.74 Å². The molecule has 78 valence electrons. The van der Waals surface area contributed by atoms with Crippen molar-refractivity contribution in [3.05, 3.63) is 28.9 Å². The van der Waals surface area contributed by atoms with E-state index in [9.17, 15) is 0 Å². The molecule has 0 saturated carbocycles. The van der Waals surface area contributed by atoms with Crippen LogP contribution in [-0.4, -0.2) is 26.6 Å². The molecule has 0 spiro atoms. The lowest BCUT2D eigenvalue weighted by Crippen LogP contribution is -2.03. The van der Waals surface area contributed by atoms with E-state index < -0.39 is 0 Å². The number of imidazole rings is 1. The zero-order chi connectivity index (χ0) is 10.8. The summed E-state index contributed by atoms with van der Waals surface area (Å²) in [4.78, 5) is 12.5. The summed E-state index contributed by atoms with van der Waals surface area (Å²) in [5.74, 6) is 1.89. The predicted octanol–water partition coefficient (Wildman–Crippen LogP) is 1.74. The normalized spacial score (nSPS) is 10.3. The molecule has 0 radical (unpaired) electrons. The number of ether oxygens (including phenoxy) is 1. The summed E-state index contributed by atoms with van der Waals surface area (Å²) in [6.45, 7) is 1.89. The first kappa shape index (κ1) is 10.1. The van der Waals surface area contributed by atoms with Gasteiger partial charge >= 0.3 is 0 Å². The highest BCUT2D eigenvalue weighted by Gasteiger charge is 2.07. The zero-order valence-electron chi connectivity index (χ0n) is 8.31. The number of methoxy groups -OCH3 is 1. The molecule has 2 rings (SSSR count). The standard InChI is InChI=1S/C9H9BrN4O/c1-6-11-3-4-14(6)9-12-5-7(10)8(13-9)15-2/h3-5H,1-2H3. The SMILES string of the molecule is COc1nc(-n2ccnc2C)ncc1Br. The van der Waals surface area contributed by atoms with E-state index in [0.29, 0.717) is 11.8 Å². The molecule has 0 aliphatic rings. The van der Waals surface area contributed by atoms with Gasteiger partial charge in [-0.05, 0) is 22.9 Å². The summed E-state index contributed by atoms with van der Waals surface area (Å²) in [5, 5.41) is 0. The summed E-state index contributed by atoms with van der Waals surface area (Å²) in [5.41, 5.74) is 0. The maximum Gasteiger partial charge on any atom is 0.238 e. The number of aromatic nitrogens is 4. The maximum atomic E-state index is 5.09. The minimum absolute atomic E-state index is 0.508. The van der Waals surface area contributed by atoms with E-state index in [-0.39, 0.29) is 0 Å². The van der Waals surface area contributed by atoms with Crippen molar-refractivity contribution in [1.29, 1.82) is 0 Å². The fourth-order valence-electron chi connectivity index (χ4n) is 1.19. The van der Waals surface area contributed by atoms with Crippen LogP contribution in [0, 0.1) is 6.92 Å². The van der Waals surface area contributed by atoms with Gasteiger partial charge in [-0.1, -0.05) is 0 Å². The van der Waals surface area contributed by atoms with Gasteiger partial charge in [-0.2, -0.15) is 4.98 Å². The van der Waals surface area contributed by atoms with Crippen LogP contribution in [0.3, 0.4) is 0 Å². The molecule has 0 N–H and O–H groups in total. The van der Waals surface area contributed by atoms with Crippen molar-refractivity contribution in [2.24, 2.45) is 0 Å². The van der Waals surface area contributed by atoms with Crippen molar-refractivity contribution in [2.45, 2.75) is 6.92 Å². The number of aryl methyl sites for hydroxylation is 1. The zero-order valence-corrected chi connectivity index (χ0v) is 9.89. The van der Waals surface area contributed by atoms with Gasteiger partial charge in [-0.3, -0.25) is 4.57 Å². The van der Waals surface area contributed by atoms with Gasteiger partial charge in [-0.15, -0.1) is 0 Å². The Morgan fingerprint density at radius 1 is 1.40 bits per heavy atom. The molecular weight excluding hydrogens is 260 g/mol. The van der Waals surface area contributed by atoms with E-state index in [1.54, 1.807) is 30.3 Å². The Morgan fingerprint density at radius 3 is 2.80 bits per heavy atom. The van der Waals surface area contributed by atoms with E-state index in [0.717, 1.165) is 10.3 Å². The van der Waals surface area contributed by atoms with E-state index in [1.807, 2.05) is 6.92 Å². The van der Waals surface area contributed by atoms with Crippen LogP contribution in [0.25, 0.3) is 5.95 Å². The fourth-order valence-corrected chi connectivity index (χ4v) is 1.54. The Labute approximate surface area is 95.3 Å². The van der Waals surface area contributed by atoms with Gasteiger partial charge in [0.2, 0.25) is 11.8 Å². The fraction of sp³-hybridized carbons (Fsp3) is 0.222. The number of halogens is 1. The van der Waals surface area contributed by atoms with Crippen LogP contribution in [0.2, 0.25) is 0 Å². The molecule has 0 aliphatic carbocycles.